The van der Waals surface area contributed by atoms with Gasteiger partial charge in [0.05, 0.1) is 17.9 Å². The number of carbonyl (C=O) groups excluding carboxylic acids is 1. The van der Waals surface area contributed by atoms with Crippen molar-refractivity contribution in [3.63, 3.8) is 0 Å². The Morgan fingerprint density at radius 3 is 2.70 bits per heavy atom. The number of hydrogen-bond donors (Lipinski definition) is 3. The predicted octanol–water partition coefficient (Wildman–Crippen LogP) is 3.75. The van der Waals surface area contributed by atoms with E-state index in [0.29, 0.717) is 35.6 Å². The number of nitrogens with zero attached hydrogens (tertiary/aromatic N) is 3. The van der Waals surface area contributed by atoms with Crippen LogP contribution in [0.5, 0.6) is 11.5 Å². The molecule has 1 atom stereocenters. The lowest BCUT2D eigenvalue weighted by Crippen LogP contribution is -2.23. The number of aromatic hydroxyl groups is 1. The monoisotopic (exact) mass is 452 g/mol. The molecule has 0 spiro atoms. The zero-order valence-electron chi connectivity index (χ0n) is 18.7. The number of ketones is 1. The fourth-order valence-corrected chi connectivity index (χ4v) is 3.03. The summed E-state index contributed by atoms with van der Waals surface area (Å²) in [7, 11) is 0. The van der Waals surface area contributed by atoms with Crippen LogP contribution in [0.1, 0.15) is 37.0 Å². The highest BCUT2D eigenvalue weighted by Gasteiger charge is 2.14. The summed E-state index contributed by atoms with van der Waals surface area (Å²) in [4.78, 5) is 24.8. The molecule has 0 saturated carbocycles. The van der Waals surface area contributed by atoms with E-state index in [4.69, 9.17) is 9.47 Å². The number of aliphatic hydroxyl groups is 1. The number of benzene rings is 2. The number of rotatable bonds is 12. The van der Waals surface area contributed by atoms with E-state index in [9.17, 15) is 15.0 Å². The molecule has 1 heterocycles. The van der Waals surface area contributed by atoms with Crippen LogP contribution in [0, 0.1) is 0 Å². The van der Waals surface area contributed by atoms with Crippen molar-refractivity contribution in [3.8, 4) is 22.9 Å². The van der Waals surface area contributed by atoms with Gasteiger partial charge in [-0.3, -0.25) is 4.79 Å². The highest BCUT2D eigenvalue weighted by atomic mass is 16.5. The number of Topliss-reactive ketones (excluding diaryl/α,β-unsaturated/α-hetero) is 1. The van der Waals surface area contributed by atoms with Crippen LogP contribution < -0.4 is 10.1 Å². The van der Waals surface area contributed by atoms with Crippen LogP contribution in [0.25, 0.3) is 11.4 Å². The van der Waals surface area contributed by atoms with Gasteiger partial charge in [-0.2, -0.15) is 4.98 Å². The molecule has 0 bridgehead atoms. The predicted molar refractivity (Wildman–Crippen MR) is 124 cm³/mol. The van der Waals surface area contributed by atoms with Gasteiger partial charge >= 0.3 is 0 Å². The summed E-state index contributed by atoms with van der Waals surface area (Å²) in [6.45, 7) is 4.60. The summed E-state index contributed by atoms with van der Waals surface area (Å²) in [6, 6.07) is 11.8. The van der Waals surface area contributed by atoms with E-state index in [-0.39, 0.29) is 36.5 Å². The Bertz CT molecular complexity index is 1080. The molecule has 3 N–H and O–H groups in total. The Hall–Kier alpha value is -3.56. The van der Waals surface area contributed by atoms with Crippen LogP contribution >= 0.6 is 0 Å². The molecular weight excluding hydrogens is 424 g/mol. The molecule has 0 aliphatic heterocycles. The number of hydrogen-bond acceptors (Lipinski definition) is 9. The maximum Gasteiger partial charge on any atom is 0.230 e. The van der Waals surface area contributed by atoms with Gasteiger partial charge < -0.3 is 25.0 Å². The standard InChI is InChI=1S/C24H28N4O5/c1-3-11-32-13-16(29)14-33-17-9-10-19(22(31)12-17)23-25-15-26-24(28-23)27-20-8-6-5-7-18(20)21(30)4-2/h5-10,12,15-16,29,31H,3-4,11,13-14H2,1-2H3,(H,25,26,27,28). The third-order valence-electron chi connectivity index (χ3n) is 4.68. The van der Waals surface area contributed by atoms with Crippen LogP contribution in [0.4, 0.5) is 11.6 Å². The molecule has 1 unspecified atom stereocenters. The van der Waals surface area contributed by atoms with E-state index in [1.165, 1.54) is 12.4 Å². The van der Waals surface area contributed by atoms with Gasteiger partial charge in [0.15, 0.2) is 11.6 Å². The number of nitrogens with one attached hydrogen (secondary N) is 1. The molecule has 0 aliphatic carbocycles. The number of carbonyl (C=O) groups is 1. The number of aromatic nitrogens is 3. The van der Waals surface area contributed by atoms with E-state index in [1.807, 2.05) is 13.0 Å². The van der Waals surface area contributed by atoms with Crippen molar-refractivity contribution < 1.29 is 24.5 Å². The fourth-order valence-electron chi connectivity index (χ4n) is 3.03. The summed E-state index contributed by atoms with van der Waals surface area (Å²) in [5, 5.41) is 23.4. The topological polar surface area (TPSA) is 127 Å². The van der Waals surface area contributed by atoms with Gasteiger partial charge in [-0.25, -0.2) is 9.97 Å². The lowest BCUT2D eigenvalue weighted by Gasteiger charge is -2.13. The van der Waals surface area contributed by atoms with Crippen molar-refractivity contribution in [2.45, 2.75) is 32.8 Å². The highest BCUT2D eigenvalue weighted by molar-refractivity contribution is 6.01. The average Bonchev–Trinajstić information content (AvgIpc) is 2.83. The minimum atomic E-state index is -0.766. The lowest BCUT2D eigenvalue weighted by molar-refractivity contribution is 0.0123. The minimum Gasteiger partial charge on any atom is -0.507 e. The summed E-state index contributed by atoms with van der Waals surface area (Å²) < 4.78 is 10.8. The summed E-state index contributed by atoms with van der Waals surface area (Å²) in [6.07, 6.45) is 1.82. The molecular formula is C24H28N4O5. The molecule has 0 amide bonds. The molecule has 33 heavy (non-hydrogen) atoms. The molecule has 0 fully saturated rings. The van der Waals surface area contributed by atoms with E-state index in [2.05, 4.69) is 20.3 Å². The lowest BCUT2D eigenvalue weighted by atomic mass is 10.1. The normalized spacial score (nSPS) is 11.7. The van der Waals surface area contributed by atoms with Crippen LogP contribution in [-0.2, 0) is 4.74 Å². The first-order chi connectivity index (χ1) is 16.0. The fraction of sp³-hybridized carbons (Fsp3) is 0.333. The third-order valence-corrected chi connectivity index (χ3v) is 4.68. The zero-order chi connectivity index (χ0) is 23.6. The van der Waals surface area contributed by atoms with Crippen molar-refractivity contribution in [3.05, 3.63) is 54.4 Å². The number of para-hydroxylation sites is 1. The van der Waals surface area contributed by atoms with Gasteiger partial charge in [0, 0.05) is 24.7 Å². The highest BCUT2D eigenvalue weighted by Crippen LogP contribution is 2.31. The van der Waals surface area contributed by atoms with Crippen molar-refractivity contribution >= 4 is 17.4 Å². The molecule has 1 aromatic heterocycles. The van der Waals surface area contributed by atoms with Crippen LogP contribution in [-0.4, -0.2) is 56.9 Å². The molecule has 3 aromatic rings. The second-order valence-corrected chi connectivity index (χ2v) is 7.30. The third kappa shape index (κ3) is 6.71. The second kappa shape index (κ2) is 11.9. The van der Waals surface area contributed by atoms with E-state index >= 15 is 0 Å². The number of anilines is 2. The number of phenols is 1. The first-order valence-corrected chi connectivity index (χ1v) is 10.8. The van der Waals surface area contributed by atoms with Gasteiger partial charge in [-0.05, 0) is 30.7 Å². The number of phenolic OH excluding ortho intramolecular Hbond substituents is 1. The summed E-state index contributed by atoms with van der Waals surface area (Å²) in [5.74, 6) is 0.811. The molecule has 0 aliphatic rings. The molecule has 9 nitrogen and oxygen atoms in total. The average molecular weight is 453 g/mol. The van der Waals surface area contributed by atoms with Gasteiger partial charge in [-0.1, -0.05) is 26.0 Å². The van der Waals surface area contributed by atoms with Crippen LogP contribution in [0.15, 0.2) is 48.8 Å². The van der Waals surface area contributed by atoms with E-state index in [1.54, 1.807) is 37.3 Å². The molecule has 0 saturated heterocycles. The number of aliphatic hydroxyl groups excluding tert-OH is 1. The Morgan fingerprint density at radius 1 is 1.12 bits per heavy atom. The van der Waals surface area contributed by atoms with E-state index in [0.717, 1.165) is 6.42 Å². The van der Waals surface area contributed by atoms with Crippen molar-refractivity contribution in [2.75, 3.05) is 25.1 Å². The van der Waals surface area contributed by atoms with Gasteiger partial charge in [0.1, 0.15) is 30.5 Å². The Labute approximate surface area is 192 Å². The number of ether oxygens (including phenoxy) is 2. The molecule has 9 heteroatoms. The zero-order valence-corrected chi connectivity index (χ0v) is 18.7. The quantitative estimate of drug-likeness (QED) is 0.278. The molecule has 3 rings (SSSR count). The van der Waals surface area contributed by atoms with Crippen LogP contribution in [0.3, 0.4) is 0 Å². The smallest absolute Gasteiger partial charge is 0.230 e. The Kier molecular flexibility index (Phi) is 8.68. The first kappa shape index (κ1) is 24.1. The van der Waals surface area contributed by atoms with E-state index < -0.39 is 6.10 Å². The van der Waals surface area contributed by atoms with Crippen molar-refractivity contribution in [2.24, 2.45) is 0 Å². The Morgan fingerprint density at radius 2 is 1.94 bits per heavy atom. The molecule has 174 valence electrons. The minimum absolute atomic E-state index is 0.00246. The maximum atomic E-state index is 12.2. The SMILES string of the molecule is CCCOCC(O)COc1ccc(-c2ncnc(Nc3ccccc3C(=O)CC)n2)c(O)c1. The summed E-state index contributed by atoms with van der Waals surface area (Å²) >= 11 is 0. The molecule has 2 aromatic carbocycles. The van der Waals surface area contributed by atoms with Crippen molar-refractivity contribution in [1.82, 2.24) is 15.0 Å². The van der Waals surface area contributed by atoms with Gasteiger partial charge in [0.25, 0.3) is 0 Å². The second-order valence-electron chi connectivity index (χ2n) is 7.30. The molecule has 0 radical (unpaired) electrons. The maximum absolute atomic E-state index is 12.2. The summed E-state index contributed by atoms with van der Waals surface area (Å²) in [5.41, 5.74) is 1.53. The Balaban J connectivity index is 1.71. The van der Waals surface area contributed by atoms with Crippen LogP contribution in [0.2, 0.25) is 0 Å². The van der Waals surface area contributed by atoms with Gasteiger partial charge in [0.2, 0.25) is 5.95 Å². The van der Waals surface area contributed by atoms with Crippen molar-refractivity contribution in [1.29, 1.82) is 0 Å². The van der Waals surface area contributed by atoms with Gasteiger partial charge in [-0.15, -0.1) is 0 Å². The largest absolute Gasteiger partial charge is 0.507 e. The first-order valence-electron chi connectivity index (χ1n) is 10.8.